The molecule has 0 radical (unpaired) electrons. The molecule has 0 saturated heterocycles. The van der Waals surface area contributed by atoms with E-state index >= 15 is 0 Å². The summed E-state index contributed by atoms with van der Waals surface area (Å²) >= 11 is 15.9. The maximum absolute atomic E-state index is 13.2. The Bertz CT molecular complexity index is 376. The quantitative estimate of drug-likeness (QED) is 0.384. The first kappa shape index (κ1) is 19.3. The van der Waals surface area contributed by atoms with Crippen LogP contribution in [-0.2, 0) is 4.79 Å². The molecular weight excluding hydrogens is 382 g/mol. The van der Waals surface area contributed by atoms with Crippen LogP contribution in [0.3, 0.4) is 0 Å². The smallest absolute Gasteiger partial charge is 0.274 e. The molecule has 0 fully saturated rings. The number of carbonyl (C=O) groups excluding carboxylic acids is 1. The van der Waals surface area contributed by atoms with Crippen LogP contribution in [0, 0.1) is 0 Å². The normalized spacial score (nSPS) is 20.6. The number of hydrogen-bond donors (Lipinski definition) is 0. The molecule has 0 saturated carbocycles. The number of rotatable bonds is 5. The Morgan fingerprint density at radius 2 is 1.05 bits per heavy atom. The predicted octanol–water partition coefficient (Wildman–Crippen LogP) is 4.66. The average Bonchev–Trinajstić information content (AvgIpc) is 2.14. The van der Waals surface area contributed by atoms with Crippen molar-refractivity contribution >= 4 is 51.6 Å². The second-order valence-electron chi connectivity index (χ2n) is 3.07. The van der Waals surface area contributed by atoms with Gasteiger partial charge in [-0.1, -0.05) is 23.2 Å². The van der Waals surface area contributed by atoms with Crippen molar-refractivity contribution in [3.8, 4) is 0 Å². The SMILES string of the molecule is O=C(Cl)C(F)(F)C(F)(Cl)C(F)(F)C(F)(Cl)C(F)(F)Cl. The van der Waals surface area contributed by atoms with Crippen LogP contribution in [0.15, 0.2) is 0 Å². The van der Waals surface area contributed by atoms with E-state index in [-0.39, 0.29) is 0 Å². The van der Waals surface area contributed by atoms with Crippen molar-refractivity contribution in [1.29, 1.82) is 0 Å². The number of halogens is 12. The van der Waals surface area contributed by atoms with E-state index in [1.807, 2.05) is 0 Å². The summed E-state index contributed by atoms with van der Waals surface area (Å²) in [7, 11) is 0. The third kappa shape index (κ3) is 2.71. The molecule has 0 N–H and O–H groups in total. The lowest BCUT2D eigenvalue weighted by Crippen LogP contribution is -2.66. The summed E-state index contributed by atoms with van der Waals surface area (Å²) in [4.78, 5) is 10.1. The van der Waals surface area contributed by atoms with E-state index in [4.69, 9.17) is 0 Å². The van der Waals surface area contributed by atoms with Crippen LogP contribution in [0.2, 0.25) is 0 Å². The Morgan fingerprint density at radius 3 is 1.26 bits per heavy atom. The van der Waals surface area contributed by atoms with Crippen LogP contribution in [0.25, 0.3) is 0 Å². The van der Waals surface area contributed by atoms with E-state index in [1.54, 1.807) is 0 Å². The summed E-state index contributed by atoms with van der Waals surface area (Å²) in [6.45, 7) is 0. The van der Waals surface area contributed by atoms with E-state index in [9.17, 15) is 39.9 Å². The Balaban J connectivity index is 5.99. The minimum Gasteiger partial charge on any atom is -0.274 e. The van der Waals surface area contributed by atoms with Crippen molar-refractivity contribution in [2.45, 2.75) is 27.5 Å². The number of carbonyl (C=O) groups is 1. The molecule has 0 aliphatic carbocycles. The van der Waals surface area contributed by atoms with Crippen LogP contribution < -0.4 is 0 Å². The fourth-order valence-corrected chi connectivity index (χ4v) is 1.39. The fraction of sp³-hybridized carbons (Fsp3) is 0.833. The molecule has 0 aliphatic heterocycles. The van der Waals surface area contributed by atoms with E-state index in [0.29, 0.717) is 0 Å². The summed E-state index contributed by atoms with van der Waals surface area (Å²) in [5.41, 5.74) is 0. The topological polar surface area (TPSA) is 17.1 Å². The van der Waals surface area contributed by atoms with E-state index in [2.05, 4.69) is 46.4 Å². The minimum atomic E-state index is -6.50. The van der Waals surface area contributed by atoms with Crippen LogP contribution in [0.4, 0.5) is 35.1 Å². The van der Waals surface area contributed by atoms with Crippen LogP contribution >= 0.6 is 46.4 Å². The molecule has 0 amide bonds. The molecule has 19 heavy (non-hydrogen) atoms. The van der Waals surface area contributed by atoms with Crippen molar-refractivity contribution in [3.63, 3.8) is 0 Å². The molecule has 0 aliphatic rings. The zero-order valence-corrected chi connectivity index (χ0v) is 11.0. The molecule has 0 aromatic heterocycles. The molecule has 0 bridgehead atoms. The molecule has 13 heteroatoms. The lowest BCUT2D eigenvalue weighted by Gasteiger charge is -2.38. The number of hydrogen-bond acceptors (Lipinski definition) is 1. The molecule has 0 aromatic rings. The molecule has 2 unspecified atom stereocenters. The van der Waals surface area contributed by atoms with Gasteiger partial charge in [0.1, 0.15) is 0 Å². The zero-order valence-electron chi connectivity index (χ0n) is 7.94. The van der Waals surface area contributed by atoms with Gasteiger partial charge in [0.15, 0.2) is 0 Å². The first-order valence-electron chi connectivity index (χ1n) is 3.72. The molecule has 2 atom stereocenters. The van der Waals surface area contributed by atoms with Gasteiger partial charge in [0.2, 0.25) is 0 Å². The first-order valence-corrected chi connectivity index (χ1v) is 5.23. The summed E-state index contributed by atoms with van der Waals surface area (Å²) in [6, 6.07) is 0. The minimum absolute atomic E-state index is 3.09. The fourth-order valence-electron chi connectivity index (χ4n) is 0.696. The maximum Gasteiger partial charge on any atom is 0.375 e. The summed E-state index contributed by atoms with van der Waals surface area (Å²) < 4.78 is 102. The van der Waals surface area contributed by atoms with Gasteiger partial charge in [0.05, 0.1) is 0 Å². The second-order valence-corrected chi connectivity index (χ2v) is 4.93. The summed E-state index contributed by atoms with van der Waals surface area (Å²) in [5, 5.41) is -20.6. The van der Waals surface area contributed by atoms with Crippen LogP contribution in [0.1, 0.15) is 0 Å². The molecule has 0 spiro atoms. The Kier molecular flexibility index (Phi) is 4.99. The highest BCUT2D eigenvalue weighted by Gasteiger charge is 2.84. The van der Waals surface area contributed by atoms with Gasteiger partial charge in [0, 0.05) is 0 Å². The van der Waals surface area contributed by atoms with Gasteiger partial charge in [-0.3, -0.25) is 4.79 Å². The lowest BCUT2D eigenvalue weighted by molar-refractivity contribution is -0.257. The van der Waals surface area contributed by atoms with Crippen LogP contribution in [-0.4, -0.2) is 32.7 Å². The summed E-state index contributed by atoms with van der Waals surface area (Å²) in [5.74, 6) is -12.4. The molecule has 0 aromatic carbocycles. The van der Waals surface area contributed by atoms with Crippen molar-refractivity contribution in [1.82, 2.24) is 0 Å². The number of alkyl halides is 11. The van der Waals surface area contributed by atoms with Gasteiger partial charge in [0.25, 0.3) is 5.24 Å². The van der Waals surface area contributed by atoms with Gasteiger partial charge in [-0.15, -0.1) is 0 Å². The molecule has 1 nitrogen and oxygen atoms in total. The Labute approximate surface area is 119 Å². The third-order valence-corrected chi connectivity index (χ3v) is 3.33. The van der Waals surface area contributed by atoms with Gasteiger partial charge >= 0.3 is 27.5 Å². The monoisotopic (exact) mass is 380 g/mol. The van der Waals surface area contributed by atoms with Crippen molar-refractivity contribution in [2.24, 2.45) is 0 Å². The average molecular weight is 382 g/mol. The maximum atomic E-state index is 13.2. The van der Waals surface area contributed by atoms with E-state index in [0.717, 1.165) is 0 Å². The predicted molar refractivity (Wildman–Crippen MR) is 50.9 cm³/mol. The van der Waals surface area contributed by atoms with Crippen molar-refractivity contribution in [3.05, 3.63) is 0 Å². The van der Waals surface area contributed by atoms with Gasteiger partial charge in [-0.2, -0.15) is 26.3 Å². The third-order valence-electron chi connectivity index (χ3n) is 1.79. The van der Waals surface area contributed by atoms with Crippen molar-refractivity contribution < 1.29 is 39.9 Å². The highest BCUT2D eigenvalue weighted by atomic mass is 35.5. The van der Waals surface area contributed by atoms with Gasteiger partial charge in [-0.25, -0.2) is 8.78 Å². The Morgan fingerprint density at radius 1 is 0.737 bits per heavy atom. The molecule has 0 heterocycles. The second kappa shape index (κ2) is 4.92. The van der Waals surface area contributed by atoms with Gasteiger partial charge in [-0.05, 0) is 23.2 Å². The van der Waals surface area contributed by atoms with Crippen molar-refractivity contribution in [2.75, 3.05) is 0 Å². The molecule has 114 valence electrons. The highest BCUT2D eigenvalue weighted by molar-refractivity contribution is 6.66. The van der Waals surface area contributed by atoms with E-state index in [1.165, 1.54) is 0 Å². The van der Waals surface area contributed by atoms with E-state index < -0.39 is 32.7 Å². The lowest BCUT2D eigenvalue weighted by atomic mass is 10.0. The van der Waals surface area contributed by atoms with Gasteiger partial charge < -0.3 is 0 Å². The first-order chi connectivity index (χ1) is 7.94. The van der Waals surface area contributed by atoms with Crippen LogP contribution in [0.5, 0.6) is 0 Å². The largest absolute Gasteiger partial charge is 0.375 e. The zero-order chi connectivity index (χ0) is 16.1. The molecule has 0 rings (SSSR count). The molecular formula is C6Cl4F8O. The highest BCUT2D eigenvalue weighted by Crippen LogP contribution is 2.60. The standard InChI is InChI=1S/C6Cl4F8O/c7-1(19)2(11,12)3(8,13)5(15,16)4(9,14)6(10,17)18. The summed E-state index contributed by atoms with van der Waals surface area (Å²) in [6.07, 6.45) is 0. The Hall–Kier alpha value is 0.270.